The van der Waals surface area contributed by atoms with Gasteiger partial charge in [0.05, 0.1) is 16.8 Å². The predicted molar refractivity (Wildman–Crippen MR) is 127 cm³/mol. The van der Waals surface area contributed by atoms with Crippen LogP contribution < -0.4 is 4.74 Å². The minimum atomic E-state index is -0.322. The van der Waals surface area contributed by atoms with E-state index in [1.165, 1.54) is 0 Å². The number of pyridine rings is 1. The van der Waals surface area contributed by atoms with Gasteiger partial charge in [0.25, 0.3) is 0 Å². The number of benzene rings is 3. The lowest BCUT2D eigenvalue weighted by Crippen LogP contribution is -2.15. The Balaban J connectivity index is 1.42. The number of hydrogen-bond acceptors (Lipinski definition) is 4. The summed E-state index contributed by atoms with van der Waals surface area (Å²) in [4.78, 5) is 18.1. The summed E-state index contributed by atoms with van der Waals surface area (Å²) < 4.78 is 11.3. The van der Waals surface area contributed by atoms with Crippen LogP contribution in [0.2, 0.25) is 0 Å². The fourth-order valence-corrected chi connectivity index (χ4v) is 4.15. The van der Waals surface area contributed by atoms with Crippen molar-refractivity contribution in [2.45, 2.75) is 12.8 Å². The van der Waals surface area contributed by atoms with E-state index < -0.39 is 0 Å². The molecule has 0 N–H and O–H groups in total. The first-order valence-electron chi connectivity index (χ1n) is 10.8. The number of ether oxygens (including phenoxy) is 2. The molecule has 1 aliphatic carbocycles. The van der Waals surface area contributed by atoms with Crippen LogP contribution in [0.5, 0.6) is 5.75 Å². The number of aromatic nitrogens is 1. The van der Waals surface area contributed by atoms with Crippen LogP contribution in [0.15, 0.2) is 84.9 Å². The Labute approximate surface area is 187 Å². The topological polar surface area (TPSA) is 48.4 Å². The number of allylic oxidation sites excluding steroid dienone is 1. The summed E-state index contributed by atoms with van der Waals surface area (Å²) in [5, 5.41) is 0.834. The highest BCUT2D eigenvalue weighted by atomic mass is 16.6. The molecule has 0 fully saturated rings. The van der Waals surface area contributed by atoms with Crippen molar-refractivity contribution in [3.05, 3.63) is 107 Å². The molecule has 0 spiro atoms. The largest absolute Gasteiger partial charge is 0.490 e. The number of nitrogens with zero attached hydrogens (tertiary/aromatic N) is 1. The number of carbonyl (C=O) groups excluding carboxylic acids is 1. The zero-order valence-corrected chi connectivity index (χ0v) is 17.7. The van der Waals surface area contributed by atoms with Gasteiger partial charge in [-0.25, -0.2) is 9.78 Å². The summed E-state index contributed by atoms with van der Waals surface area (Å²) >= 11 is 0. The average molecular weight is 421 g/mol. The van der Waals surface area contributed by atoms with Crippen molar-refractivity contribution in [3.63, 3.8) is 0 Å². The van der Waals surface area contributed by atoms with Crippen molar-refractivity contribution >= 4 is 28.5 Å². The molecule has 3 aromatic carbocycles. The summed E-state index contributed by atoms with van der Waals surface area (Å²) in [7, 11) is 0. The molecule has 0 unspecified atom stereocenters. The van der Waals surface area contributed by atoms with Gasteiger partial charge < -0.3 is 9.47 Å². The molecule has 0 saturated heterocycles. The van der Waals surface area contributed by atoms with E-state index in [1.807, 2.05) is 72.8 Å². The maximum absolute atomic E-state index is 13.2. The van der Waals surface area contributed by atoms with Gasteiger partial charge in [-0.3, -0.25) is 0 Å². The van der Waals surface area contributed by atoms with Gasteiger partial charge >= 0.3 is 5.97 Å². The Morgan fingerprint density at radius 2 is 1.56 bits per heavy atom. The van der Waals surface area contributed by atoms with Crippen LogP contribution >= 0.6 is 0 Å². The summed E-state index contributed by atoms with van der Waals surface area (Å²) in [5.41, 5.74) is 5.59. The average Bonchev–Trinajstić information content (AvgIpc) is 3.23. The fourth-order valence-electron chi connectivity index (χ4n) is 4.15. The third kappa shape index (κ3) is 4.12. The highest BCUT2D eigenvalue weighted by Gasteiger charge is 2.27. The van der Waals surface area contributed by atoms with E-state index in [1.54, 1.807) is 0 Å². The van der Waals surface area contributed by atoms with Crippen LogP contribution in [0.25, 0.3) is 22.6 Å². The van der Waals surface area contributed by atoms with E-state index in [-0.39, 0.29) is 12.6 Å². The number of esters is 1. The van der Waals surface area contributed by atoms with Crippen LogP contribution in [0.1, 0.15) is 33.6 Å². The Hall–Kier alpha value is -3.92. The first-order valence-corrected chi connectivity index (χ1v) is 10.8. The van der Waals surface area contributed by atoms with Gasteiger partial charge in [-0.1, -0.05) is 66.7 Å². The van der Waals surface area contributed by atoms with E-state index in [0.29, 0.717) is 12.2 Å². The minimum absolute atomic E-state index is 0.186. The molecule has 32 heavy (non-hydrogen) atoms. The lowest BCUT2D eigenvalue weighted by Gasteiger charge is -2.13. The zero-order valence-electron chi connectivity index (χ0n) is 17.7. The van der Waals surface area contributed by atoms with Crippen molar-refractivity contribution in [2.75, 3.05) is 13.2 Å². The summed E-state index contributed by atoms with van der Waals surface area (Å²) in [6.45, 7) is 0.492. The molecule has 4 heteroatoms. The normalized spacial score (nSPS) is 13.8. The highest BCUT2D eigenvalue weighted by Crippen LogP contribution is 2.37. The standard InChI is InChI=1S/C28H23NO3/c30-28(32-18-17-31-22-11-5-2-6-12-22)26-23-13-7-8-14-25(23)29-27-21(15-16-24(26)27)19-20-9-3-1-4-10-20/h1-14,19H,15-18H2. The second kappa shape index (κ2) is 9.06. The monoisotopic (exact) mass is 421 g/mol. The number of carbonyl (C=O) groups is 1. The highest BCUT2D eigenvalue weighted by molar-refractivity contribution is 6.07. The van der Waals surface area contributed by atoms with Crippen molar-refractivity contribution < 1.29 is 14.3 Å². The number of fused-ring (bicyclic) bond motifs is 2. The van der Waals surface area contributed by atoms with Gasteiger partial charge in [-0.05, 0) is 53.8 Å². The SMILES string of the molecule is O=C(OCCOc1ccccc1)c1c2c(nc3ccccc13)C(=Cc1ccccc1)CC2. The van der Waals surface area contributed by atoms with Gasteiger partial charge in [-0.2, -0.15) is 0 Å². The van der Waals surface area contributed by atoms with Crippen molar-refractivity contribution in [3.8, 4) is 5.75 Å². The summed E-state index contributed by atoms with van der Waals surface area (Å²) in [5.74, 6) is 0.437. The molecule has 158 valence electrons. The molecular formula is C28H23NO3. The van der Waals surface area contributed by atoms with Gasteiger partial charge in [0.1, 0.15) is 19.0 Å². The van der Waals surface area contributed by atoms with E-state index in [4.69, 9.17) is 14.5 Å². The Bertz CT molecular complexity index is 1280. The predicted octanol–water partition coefficient (Wildman–Crippen LogP) is 5.96. The molecule has 5 rings (SSSR count). The van der Waals surface area contributed by atoms with E-state index in [9.17, 15) is 4.79 Å². The first kappa shape index (κ1) is 20.0. The van der Waals surface area contributed by atoms with Crippen molar-refractivity contribution in [1.82, 2.24) is 4.98 Å². The molecule has 0 amide bonds. The molecule has 0 radical (unpaired) electrons. The Morgan fingerprint density at radius 3 is 2.38 bits per heavy atom. The molecular weight excluding hydrogens is 398 g/mol. The molecule has 0 bridgehead atoms. The Morgan fingerprint density at radius 1 is 0.844 bits per heavy atom. The van der Waals surface area contributed by atoms with Crippen LogP contribution in [-0.2, 0) is 11.2 Å². The van der Waals surface area contributed by atoms with Crippen molar-refractivity contribution in [2.24, 2.45) is 0 Å². The van der Waals surface area contributed by atoms with Gasteiger partial charge in [0.2, 0.25) is 0 Å². The third-order valence-corrected chi connectivity index (χ3v) is 5.61. The van der Waals surface area contributed by atoms with Crippen LogP contribution in [0.3, 0.4) is 0 Å². The third-order valence-electron chi connectivity index (χ3n) is 5.61. The maximum Gasteiger partial charge on any atom is 0.339 e. The molecule has 1 aliphatic rings. The van der Waals surface area contributed by atoms with E-state index >= 15 is 0 Å². The number of hydrogen-bond donors (Lipinski definition) is 0. The van der Waals surface area contributed by atoms with Crippen LogP contribution in [0.4, 0.5) is 0 Å². The molecule has 0 aliphatic heterocycles. The first-order chi connectivity index (χ1) is 15.8. The van der Waals surface area contributed by atoms with Gasteiger partial charge in [-0.15, -0.1) is 0 Å². The van der Waals surface area contributed by atoms with E-state index in [2.05, 4.69) is 18.2 Å². The maximum atomic E-state index is 13.2. The number of rotatable bonds is 6. The molecule has 1 heterocycles. The van der Waals surface area contributed by atoms with Gasteiger partial charge in [0, 0.05) is 5.39 Å². The molecule has 0 atom stereocenters. The Kier molecular flexibility index (Phi) is 5.67. The molecule has 4 aromatic rings. The minimum Gasteiger partial charge on any atom is -0.490 e. The smallest absolute Gasteiger partial charge is 0.339 e. The zero-order chi connectivity index (χ0) is 21.8. The number of para-hydroxylation sites is 2. The molecule has 0 saturated carbocycles. The van der Waals surface area contributed by atoms with Gasteiger partial charge in [0.15, 0.2) is 0 Å². The van der Waals surface area contributed by atoms with Crippen LogP contribution in [0, 0.1) is 0 Å². The van der Waals surface area contributed by atoms with Crippen LogP contribution in [-0.4, -0.2) is 24.2 Å². The van der Waals surface area contributed by atoms with E-state index in [0.717, 1.165) is 51.9 Å². The van der Waals surface area contributed by atoms with Crippen molar-refractivity contribution in [1.29, 1.82) is 0 Å². The molecule has 1 aromatic heterocycles. The quantitative estimate of drug-likeness (QED) is 0.285. The summed E-state index contributed by atoms with van der Waals surface area (Å²) in [6, 6.07) is 27.5. The second-order valence-corrected chi connectivity index (χ2v) is 7.71. The lowest BCUT2D eigenvalue weighted by molar-refractivity contribution is 0.0451. The molecule has 4 nitrogen and oxygen atoms in total. The second-order valence-electron chi connectivity index (χ2n) is 7.71. The fraction of sp³-hybridized carbons (Fsp3) is 0.143. The summed E-state index contributed by atoms with van der Waals surface area (Å²) in [6.07, 6.45) is 3.79. The lowest BCUT2D eigenvalue weighted by atomic mass is 10.0.